The van der Waals surface area contributed by atoms with Crippen molar-refractivity contribution < 1.29 is 9.47 Å². The summed E-state index contributed by atoms with van der Waals surface area (Å²) in [7, 11) is 0. The first-order valence-corrected chi connectivity index (χ1v) is 8.82. The minimum absolute atomic E-state index is 0.0483. The van der Waals surface area contributed by atoms with Gasteiger partial charge in [0.25, 0.3) is 0 Å². The van der Waals surface area contributed by atoms with Crippen LogP contribution in [0.15, 0.2) is 11.5 Å². The van der Waals surface area contributed by atoms with Crippen molar-refractivity contribution in [3.05, 3.63) is 6.33 Å². The average Bonchev–Trinajstić information content (AvgIpc) is 3.23. The van der Waals surface area contributed by atoms with Crippen molar-refractivity contribution >= 4 is 28.7 Å². The Kier molecular flexibility index (Phi) is 3.89. The van der Waals surface area contributed by atoms with E-state index >= 15 is 0 Å². The lowest BCUT2D eigenvalue weighted by Gasteiger charge is -2.28. The van der Waals surface area contributed by atoms with Crippen molar-refractivity contribution in [2.45, 2.75) is 24.2 Å². The molecule has 22 heavy (non-hydrogen) atoms. The van der Waals surface area contributed by atoms with Gasteiger partial charge in [0.05, 0.1) is 19.5 Å². The summed E-state index contributed by atoms with van der Waals surface area (Å²) in [5.41, 5.74) is 1.72. The largest absolute Gasteiger partial charge is 0.378 e. The van der Waals surface area contributed by atoms with Crippen LogP contribution in [0.2, 0.25) is 0 Å². The number of ether oxygens (including phenoxy) is 2. The molecule has 0 aromatic carbocycles. The summed E-state index contributed by atoms with van der Waals surface area (Å²) in [5, 5.41) is 0.772. The van der Waals surface area contributed by atoms with E-state index in [-0.39, 0.29) is 6.23 Å². The van der Waals surface area contributed by atoms with Gasteiger partial charge in [-0.15, -0.1) is 0 Å². The summed E-state index contributed by atoms with van der Waals surface area (Å²) in [5.74, 6) is 0.911. The molecule has 4 heterocycles. The molecule has 2 saturated heterocycles. The molecule has 118 valence electrons. The fourth-order valence-electron chi connectivity index (χ4n) is 2.96. The number of aromatic nitrogens is 4. The van der Waals surface area contributed by atoms with E-state index < -0.39 is 0 Å². The SMILES string of the molecule is CSc1nc(N2CCOCC2)c2ncn(C3CCCO3)c2n1. The van der Waals surface area contributed by atoms with Crippen LogP contribution in [0, 0.1) is 0 Å². The highest BCUT2D eigenvalue weighted by Gasteiger charge is 2.24. The minimum atomic E-state index is 0.0483. The maximum absolute atomic E-state index is 5.79. The summed E-state index contributed by atoms with van der Waals surface area (Å²) in [6.45, 7) is 3.94. The summed E-state index contributed by atoms with van der Waals surface area (Å²) < 4.78 is 13.3. The molecule has 2 aliphatic rings. The van der Waals surface area contributed by atoms with Crippen LogP contribution in [0.5, 0.6) is 0 Å². The van der Waals surface area contributed by atoms with Crippen LogP contribution in [0.1, 0.15) is 19.1 Å². The number of anilines is 1. The lowest BCUT2D eigenvalue weighted by Crippen LogP contribution is -2.37. The number of imidazole rings is 1. The number of morpholine rings is 1. The van der Waals surface area contributed by atoms with E-state index in [1.807, 2.05) is 17.2 Å². The Hall–Kier alpha value is -1.38. The molecule has 8 heteroatoms. The summed E-state index contributed by atoms with van der Waals surface area (Å²) in [6, 6.07) is 0. The highest BCUT2D eigenvalue weighted by Crippen LogP contribution is 2.31. The molecule has 0 radical (unpaired) electrons. The van der Waals surface area contributed by atoms with Crippen molar-refractivity contribution in [1.29, 1.82) is 0 Å². The number of nitrogens with zero attached hydrogens (tertiary/aromatic N) is 5. The first kappa shape index (κ1) is 14.2. The monoisotopic (exact) mass is 321 g/mol. The Labute approximate surface area is 133 Å². The van der Waals surface area contributed by atoms with E-state index in [4.69, 9.17) is 9.47 Å². The van der Waals surface area contributed by atoms with Crippen LogP contribution in [0.4, 0.5) is 5.82 Å². The molecule has 2 fully saturated rings. The normalized spacial score (nSPS) is 22.6. The van der Waals surface area contributed by atoms with Gasteiger partial charge in [0.2, 0.25) is 0 Å². The molecular formula is C14H19N5O2S. The van der Waals surface area contributed by atoms with Gasteiger partial charge in [-0.2, -0.15) is 0 Å². The van der Waals surface area contributed by atoms with Crippen LogP contribution in [-0.4, -0.2) is 58.7 Å². The molecule has 0 N–H and O–H groups in total. The van der Waals surface area contributed by atoms with Crippen molar-refractivity contribution in [3.63, 3.8) is 0 Å². The lowest BCUT2D eigenvalue weighted by molar-refractivity contribution is 0.0592. The van der Waals surface area contributed by atoms with Gasteiger partial charge in [-0.25, -0.2) is 15.0 Å². The van der Waals surface area contributed by atoms with Crippen molar-refractivity contribution in [1.82, 2.24) is 19.5 Å². The molecular weight excluding hydrogens is 302 g/mol. The van der Waals surface area contributed by atoms with Gasteiger partial charge in [0.1, 0.15) is 6.23 Å². The number of hydrogen-bond donors (Lipinski definition) is 0. The third-order valence-electron chi connectivity index (χ3n) is 4.09. The third-order valence-corrected chi connectivity index (χ3v) is 4.64. The summed E-state index contributed by atoms with van der Waals surface area (Å²) in [6.07, 6.45) is 5.98. The Morgan fingerprint density at radius 3 is 2.82 bits per heavy atom. The molecule has 0 saturated carbocycles. The smallest absolute Gasteiger partial charge is 0.191 e. The van der Waals surface area contributed by atoms with Crippen LogP contribution >= 0.6 is 11.8 Å². The fourth-order valence-corrected chi connectivity index (χ4v) is 3.32. The molecule has 0 bridgehead atoms. The van der Waals surface area contributed by atoms with Crippen molar-refractivity contribution in [3.8, 4) is 0 Å². The second kappa shape index (κ2) is 6.02. The summed E-state index contributed by atoms with van der Waals surface area (Å²) in [4.78, 5) is 16.2. The van der Waals surface area contributed by atoms with Gasteiger partial charge in [-0.05, 0) is 19.1 Å². The fraction of sp³-hybridized carbons (Fsp3) is 0.643. The Balaban J connectivity index is 1.81. The highest BCUT2D eigenvalue weighted by molar-refractivity contribution is 7.98. The molecule has 7 nitrogen and oxygen atoms in total. The minimum Gasteiger partial charge on any atom is -0.378 e. The van der Waals surface area contributed by atoms with Crippen LogP contribution in [-0.2, 0) is 9.47 Å². The molecule has 2 aliphatic heterocycles. The molecule has 2 aromatic rings. The first-order chi connectivity index (χ1) is 10.9. The zero-order chi connectivity index (χ0) is 14.9. The molecule has 0 amide bonds. The number of rotatable bonds is 3. The van der Waals surface area contributed by atoms with E-state index in [9.17, 15) is 0 Å². The van der Waals surface area contributed by atoms with Crippen LogP contribution < -0.4 is 4.90 Å². The standard InChI is InChI=1S/C14H19N5O2S/c1-22-14-16-12(18-4-7-20-8-5-18)11-13(17-14)19(9-15-11)10-3-2-6-21-10/h9-10H,2-8H2,1H3. The number of thioether (sulfide) groups is 1. The van der Waals surface area contributed by atoms with Gasteiger partial charge in [0, 0.05) is 19.7 Å². The van der Waals surface area contributed by atoms with Gasteiger partial charge >= 0.3 is 0 Å². The van der Waals surface area contributed by atoms with Gasteiger partial charge in [-0.3, -0.25) is 4.57 Å². The average molecular weight is 321 g/mol. The molecule has 0 aliphatic carbocycles. The van der Waals surface area contributed by atoms with E-state index in [2.05, 4.69) is 19.9 Å². The number of fused-ring (bicyclic) bond motifs is 1. The van der Waals surface area contributed by atoms with Gasteiger partial charge in [0.15, 0.2) is 22.1 Å². The molecule has 1 atom stereocenters. The molecule has 0 spiro atoms. The Morgan fingerprint density at radius 1 is 1.23 bits per heavy atom. The molecule has 2 aromatic heterocycles. The highest BCUT2D eigenvalue weighted by atomic mass is 32.2. The zero-order valence-electron chi connectivity index (χ0n) is 12.6. The Bertz CT molecular complexity index is 665. The quantitative estimate of drug-likeness (QED) is 0.629. The Morgan fingerprint density at radius 2 is 2.09 bits per heavy atom. The summed E-state index contributed by atoms with van der Waals surface area (Å²) >= 11 is 1.55. The van der Waals surface area contributed by atoms with Crippen molar-refractivity contribution in [2.75, 3.05) is 44.1 Å². The predicted octanol–water partition coefficient (Wildman–Crippen LogP) is 1.69. The number of hydrogen-bond acceptors (Lipinski definition) is 7. The second-order valence-electron chi connectivity index (χ2n) is 5.43. The maximum atomic E-state index is 5.79. The van der Waals surface area contributed by atoms with E-state index in [1.165, 1.54) is 0 Å². The van der Waals surface area contributed by atoms with Crippen LogP contribution in [0.25, 0.3) is 11.2 Å². The predicted molar refractivity (Wildman–Crippen MR) is 84.4 cm³/mol. The lowest BCUT2D eigenvalue weighted by atomic mass is 10.3. The van der Waals surface area contributed by atoms with E-state index in [0.29, 0.717) is 0 Å². The van der Waals surface area contributed by atoms with Crippen LogP contribution in [0.3, 0.4) is 0 Å². The van der Waals surface area contributed by atoms with Gasteiger partial charge < -0.3 is 14.4 Å². The maximum Gasteiger partial charge on any atom is 0.191 e. The van der Waals surface area contributed by atoms with E-state index in [0.717, 1.165) is 67.9 Å². The van der Waals surface area contributed by atoms with E-state index in [1.54, 1.807) is 11.8 Å². The zero-order valence-corrected chi connectivity index (χ0v) is 13.4. The van der Waals surface area contributed by atoms with Gasteiger partial charge in [-0.1, -0.05) is 11.8 Å². The van der Waals surface area contributed by atoms with Crippen molar-refractivity contribution in [2.24, 2.45) is 0 Å². The second-order valence-corrected chi connectivity index (χ2v) is 6.20. The molecule has 4 rings (SSSR count). The first-order valence-electron chi connectivity index (χ1n) is 7.59. The topological polar surface area (TPSA) is 65.3 Å². The third kappa shape index (κ3) is 2.45. The molecule has 1 unspecified atom stereocenters.